The van der Waals surface area contributed by atoms with E-state index in [1.54, 1.807) is 6.07 Å². The molecule has 0 unspecified atom stereocenters. The summed E-state index contributed by atoms with van der Waals surface area (Å²) >= 11 is 0. The van der Waals surface area contributed by atoms with Crippen LogP contribution in [0.3, 0.4) is 0 Å². The first-order valence-electron chi connectivity index (χ1n) is 11.5. The van der Waals surface area contributed by atoms with Crippen molar-refractivity contribution in [1.29, 1.82) is 10.5 Å². The maximum Gasteiger partial charge on any atom is 0.196 e. The predicted molar refractivity (Wildman–Crippen MR) is 115 cm³/mol. The van der Waals surface area contributed by atoms with Crippen molar-refractivity contribution < 1.29 is 4.39 Å². The minimum absolute atomic E-state index is 0.275. The summed E-state index contributed by atoms with van der Waals surface area (Å²) in [7, 11) is 0. The van der Waals surface area contributed by atoms with Gasteiger partial charge in [-0.1, -0.05) is 37.8 Å². The standard InChI is InChI=1S/C26H33FN2/c27-26(19-29)17-22-7-5-20(6-8-22)3-1-2-4-21-9-13-24(14-10-21)25-15-11-23(18-28)12-16-25/h11-12,15-17,20-22,24H,1-10,13-14H2/b26-17-/t20-,21-,22-,24-. The molecule has 2 nitrogen and oxygen atoms in total. The number of hydrogen-bond acceptors (Lipinski definition) is 2. The van der Waals surface area contributed by atoms with Crippen LogP contribution in [0.1, 0.15) is 94.1 Å². The molecule has 0 aromatic heterocycles. The van der Waals surface area contributed by atoms with Crippen LogP contribution >= 0.6 is 0 Å². The number of halogens is 1. The number of benzene rings is 1. The zero-order chi connectivity index (χ0) is 20.5. The van der Waals surface area contributed by atoms with E-state index in [-0.39, 0.29) is 5.92 Å². The number of hydrogen-bond donors (Lipinski definition) is 0. The summed E-state index contributed by atoms with van der Waals surface area (Å²) in [6.45, 7) is 0. The Morgan fingerprint density at radius 1 is 0.862 bits per heavy atom. The second kappa shape index (κ2) is 11.2. The van der Waals surface area contributed by atoms with Gasteiger partial charge in [0.1, 0.15) is 6.07 Å². The predicted octanol–water partition coefficient (Wildman–Crippen LogP) is 7.58. The summed E-state index contributed by atoms with van der Waals surface area (Å²) in [5, 5.41) is 17.5. The van der Waals surface area contributed by atoms with E-state index in [1.807, 2.05) is 12.1 Å². The van der Waals surface area contributed by atoms with Gasteiger partial charge in [0.15, 0.2) is 5.83 Å². The second-order valence-corrected chi connectivity index (χ2v) is 9.14. The molecule has 1 aromatic rings. The van der Waals surface area contributed by atoms with Gasteiger partial charge in [0, 0.05) is 0 Å². The van der Waals surface area contributed by atoms with Crippen LogP contribution in [0.25, 0.3) is 0 Å². The molecule has 2 aliphatic carbocycles. The van der Waals surface area contributed by atoms with Gasteiger partial charge in [-0.3, -0.25) is 0 Å². The first-order chi connectivity index (χ1) is 14.2. The van der Waals surface area contributed by atoms with Crippen LogP contribution in [0, 0.1) is 40.4 Å². The topological polar surface area (TPSA) is 47.6 Å². The van der Waals surface area contributed by atoms with Crippen LogP contribution in [0.15, 0.2) is 36.2 Å². The zero-order valence-electron chi connectivity index (χ0n) is 17.5. The smallest absolute Gasteiger partial charge is 0.195 e. The molecule has 1 aromatic carbocycles. The highest BCUT2D eigenvalue weighted by molar-refractivity contribution is 5.33. The number of unbranched alkanes of at least 4 members (excludes halogenated alkanes) is 1. The third-order valence-electron chi connectivity index (χ3n) is 7.21. The van der Waals surface area contributed by atoms with Crippen LogP contribution in [-0.2, 0) is 0 Å². The molecule has 0 amide bonds. The Kier molecular flexibility index (Phi) is 8.30. The largest absolute Gasteiger partial charge is 0.196 e. The van der Waals surface area contributed by atoms with E-state index < -0.39 is 5.83 Å². The van der Waals surface area contributed by atoms with E-state index in [0.717, 1.165) is 30.2 Å². The molecule has 2 fully saturated rings. The van der Waals surface area contributed by atoms with E-state index in [0.29, 0.717) is 5.92 Å². The SMILES string of the molecule is N#C/C(F)=C/[C@H]1CC[C@H](CCCC[C@H]2CC[C@H](c3ccc(C#N)cc3)CC2)CC1. The fourth-order valence-corrected chi connectivity index (χ4v) is 5.37. The quantitative estimate of drug-likeness (QED) is 0.355. The zero-order valence-corrected chi connectivity index (χ0v) is 17.5. The number of nitriles is 2. The minimum Gasteiger partial charge on any atom is -0.195 e. The van der Waals surface area contributed by atoms with Gasteiger partial charge in [0.25, 0.3) is 0 Å². The van der Waals surface area contributed by atoms with Crippen LogP contribution in [0.5, 0.6) is 0 Å². The van der Waals surface area contributed by atoms with Gasteiger partial charge in [-0.05, 0) is 98.8 Å². The van der Waals surface area contributed by atoms with Crippen molar-refractivity contribution in [3.8, 4) is 12.1 Å². The van der Waals surface area contributed by atoms with E-state index in [1.165, 1.54) is 75.8 Å². The van der Waals surface area contributed by atoms with E-state index >= 15 is 0 Å². The molecule has 3 heteroatoms. The molecule has 0 saturated heterocycles. The highest BCUT2D eigenvalue weighted by atomic mass is 19.1. The Morgan fingerprint density at radius 2 is 1.41 bits per heavy atom. The lowest BCUT2D eigenvalue weighted by molar-refractivity contribution is 0.272. The number of allylic oxidation sites excluding steroid dienone is 2. The average Bonchev–Trinajstić information content (AvgIpc) is 2.78. The molecular formula is C26H33FN2. The second-order valence-electron chi connectivity index (χ2n) is 9.14. The fraction of sp³-hybridized carbons (Fsp3) is 0.615. The van der Waals surface area contributed by atoms with Gasteiger partial charge in [0.05, 0.1) is 11.6 Å². The van der Waals surface area contributed by atoms with Crippen LogP contribution < -0.4 is 0 Å². The molecule has 0 heterocycles. The van der Waals surface area contributed by atoms with Crippen molar-refractivity contribution in [2.24, 2.45) is 17.8 Å². The maximum absolute atomic E-state index is 13.1. The van der Waals surface area contributed by atoms with Crippen LogP contribution in [0.4, 0.5) is 4.39 Å². The Hall–Kier alpha value is -2.13. The van der Waals surface area contributed by atoms with Crippen LogP contribution in [-0.4, -0.2) is 0 Å². The Bertz CT molecular complexity index is 736. The molecule has 0 bridgehead atoms. The number of nitrogens with zero attached hydrogens (tertiary/aromatic N) is 2. The van der Waals surface area contributed by atoms with Gasteiger partial charge in [-0.2, -0.15) is 14.9 Å². The molecular weight excluding hydrogens is 359 g/mol. The normalized spacial score (nSPS) is 27.8. The van der Waals surface area contributed by atoms with Crippen molar-refractivity contribution >= 4 is 0 Å². The third kappa shape index (κ3) is 6.71. The van der Waals surface area contributed by atoms with E-state index in [2.05, 4.69) is 18.2 Å². The van der Waals surface area contributed by atoms with Gasteiger partial charge < -0.3 is 0 Å². The lowest BCUT2D eigenvalue weighted by Gasteiger charge is -2.29. The van der Waals surface area contributed by atoms with Crippen molar-refractivity contribution in [1.82, 2.24) is 0 Å². The molecule has 0 aliphatic heterocycles. The van der Waals surface area contributed by atoms with Crippen molar-refractivity contribution in [2.45, 2.75) is 83.0 Å². The molecule has 2 aliphatic rings. The number of rotatable bonds is 7. The molecule has 0 N–H and O–H groups in total. The van der Waals surface area contributed by atoms with E-state index in [4.69, 9.17) is 10.5 Å². The molecule has 0 radical (unpaired) electrons. The lowest BCUT2D eigenvalue weighted by Crippen LogP contribution is -2.14. The molecule has 3 rings (SSSR count). The summed E-state index contributed by atoms with van der Waals surface area (Å²) in [4.78, 5) is 0. The minimum atomic E-state index is -0.609. The van der Waals surface area contributed by atoms with Crippen molar-refractivity contribution in [3.63, 3.8) is 0 Å². The Morgan fingerprint density at radius 3 is 1.93 bits per heavy atom. The molecule has 0 atom stereocenters. The molecule has 0 spiro atoms. The summed E-state index contributed by atoms with van der Waals surface area (Å²) in [5.74, 6) is 2.03. The highest BCUT2D eigenvalue weighted by Gasteiger charge is 2.23. The van der Waals surface area contributed by atoms with Crippen molar-refractivity contribution in [3.05, 3.63) is 47.3 Å². The van der Waals surface area contributed by atoms with Gasteiger partial charge in [-0.15, -0.1) is 0 Å². The summed E-state index contributed by atoms with van der Waals surface area (Å²) in [5.41, 5.74) is 2.16. The molecule has 29 heavy (non-hydrogen) atoms. The summed E-state index contributed by atoms with van der Waals surface area (Å²) < 4.78 is 13.1. The monoisotopic (exact) mass is 392 g/mol. The van der Waals surface area contributed by atoms with E-state index in [9.17, 15) is 4.39 Å². The van der Waals surface area contributed by atoms with Crippen molar-refractivity contribution in [2.75, 3.05) is 0 Å². The summed E-state index contributed by atoms with van der Waals surface area (Å²) in [6.07, 6.45) is 16.6. The fourth-order valence-electron chi connectivity index (χ4n) is 5.37. The van der Waals surface area contributed by atoms with Gasteiger partial charge in [0.2, 0.25) is 0 Å². The Balaban J connectivity index is 1.28. The van der Waals surface area contributed by atoms with Gasteiger partial charge >= 0.3 is 0 Å². The first kappa shape index (κ1) is 21.6. The van der Waals surface area contributed by atoms with Gasteiger partial charge in [-0.25, -0.2) is 0 Å². The first-order valence-corrected chi connectivity index (χ1v) is 11.5. The molecule has 2 saturated carbocycles. The van der Waals surface area contributed by atoms with Crippen LogP contribution in [0.2, 0.25) is 0 Å². The molecule has 154 valence electrons. The highest BCUT2D eigenvalue weighted by Crippen LogP contribution is 2.38. The maximum atomic E-state index is 13.1. The summed E-state index contributed by atoms with van der Waals surface area (Å²) in [6, 6.07) is 12.0. The Labute approximate surface area is 175 Å². The average molecular weight is 393 g/mol. The third-order valence-corrected chi connectivity index (χ3v) is 7.21. The lowest BCUT2D eigenvalue weighted by atomic mass is 9.76.